The molecule has 2 aliphatic rings. The number of hydrogen-bond donors (Lipinski definition) is 0. The highest BCUT2D eigenvalue weighted by Crippen LogP contribution is 2.42. The van der Waals surface area contributed by atoms with E-state index >= 15 is 0 Å². The Bertz CT molecular complexity index is 1080. The fourth-order valence-electron chi connectivity index (χ4n) is 3.66. The van der Waals surface area contributed by atoms with E-state index in [9.17, 15) is 31.1 Å². The molecule has 0 N–H and O–H groups in total. The van der Waals surface area contributed by atoms with Gasteiger partial charge < -0.3 is 14.3 Å². The molecule has 0 bridgehead atoms. The molecule has 1 aromatic carbocycles. The van der Waals surface area contributed by atoms with Crippen LogP contribution in [0.2, 0.25) is 0 Å². The Balaban J connectivity index is 1.76. The number of halogens is 6. The second-order valence-corrected chi connectivity index (χ2v) is 8.43. The van der Waals surface area contributed by atoms with E-state index < -0.39 is 53.4 Å². The summed E-state index contributed by atoms with van der Waals surface area (Å²) in [5.41, 5.74) is -3.51. The highest BCUT2D eigenvalue weighted by atomic mass is 32.1. The monoisotopic (exact) mass is 506 g/mol. The zero-order chi connectivity index (χ0) is 24.7. The van der Waals surface area contributed by atoms with Gasteiger partial charge in [0.1, 0.15) is 6.04 Å². The smallest absolute Gasteiger partial charge is 0.416 e. The average molecular weight is 506 g/mol. The molecule has 1 amide bonds. The maximum atomic E-state index is 13.4. The number of fused-ring (bicyclic) bond motifs is 1. The summed E-state index contributed by atoms with van der Waals surface area (Å²) >= 11 is 1.44. The van der Waals surface area contributed by atoms with Crippen molar-refractivity contribution < 1.29 is 45.4 Å². The number of carbonyl (C=O) groups is 1. The van der Waals surface area contributed by atoms with Crippen LogP contribution in [0.3, 0.4) is 0 Å². The molecule has 0 fully saturated rings. The Labute approximate surface area is 193 Å². The number of amides is 1. The molecule has 1 aromatic heterocycles. The Kier molecular flexibility index (Phi) is 6.23. The first-order chi connectivity index (χ1) is 16.0. The average Bonchev–Trinajstić information content (AvgIpc) is 3.29. The van der Waals surface area contributed by atoms with Gasteiger partial charge in [-0.2, -0.15) is 26.3 Å². The molecule has 0 spiro atoms. The second-order valence-electron chi connectivity index (χ2n) is 7.40. The van der Waals surface area contributed by atoms with Crippen LogP contribution in [0.4, 0.5) is 31.1 Å². The normalized spacial score (nSPS) is 22.4. The van der Waals surface area contributed by atoms with Crippen LogP contribution in [0.5, 0.6) is 0 Å². The molecular formula is C21H16F6N2O4S. The molecule has 182 valence electrons. The van der Waals surface area contributed by atoms with Crippen molar-refractivity contribution in [2.24, 2.45) is 5.16 Å². The minimum absolute atomic E-state index is 0.0116. The number of rotatable bonds is 3. The number of benzene rings is 1. The van der Waals surface area contributed by atoms with Crippen LogP contribution >= 0.6 is 11.3 Å². The first-order valence-corrected chi connectivity index (χ1v) is 10.6. The van der Waals surface area contributed by atoms with Crippen LogP contribution in [0.25, 0.3) is 0 Å². The molecular weight excluding hydrogens is 490 g/mol. The molecule has 3 heterocycles. The third-order valence-electron chi connectivity index (χ3n) is 5.16. The summed E-state index contributed by atoms with van der Waals surface area (Å²) < 4.78 is 91.0. The standard InChI is InChI=1S/C21H16F6N2O4S/c1-31-19(30)29-5-4-15-18(33-28-16(32-15)10-14-3-2-6-34-14)17(29)11-7-12(20(22,23)24)9-13(8-11)21(25,26)27/h2-9,15,17-18H,10H2,1H3/t15-,17+,18-/m1/s1. The lowest BCUT2D eigenvalue weighted by Gasteiger charge is -2.41. The van der Waals surface area contributed by atoms with Gasteiger partial charge in [-0.15, -0.1) is 11.3 Å². The summed E-state index contributed by atoms with van der Waals surface area (Å²) in [4.78, 5) is 19.6. The van der Waals surface area contributed by atoms with Crippen LogP contribution in [-0.4, -0.2) is 36.2 Å². The summed E-state index contributed by atoms with van der Waals surface area (Å²) in [5, 5.41) is 5.72. The van der Waals surface area contributed by atoms with Crippen molar-refractivity contribution in [3.8, 4) is 0 Å². The summed E-state index contributed by atoms with van der Waals surface area (Å²) in [6, 6.07) is 3.31. The second kappa shape index (κ2) is 8.85. The molecule has 6 nitrogen and oxygen atoms in total. The van der Waals surface area contributed by atoms with Crippen molar-refractivity contribution in [1.29, 1.82) is 0 Å². The maximum Gasteiger partial charge on any atom is 0.416 e. The van der Waals surface area contributed by atoms with Crippen LogP contribution in [0, 0.1) is 0 Å². The first-order valence-electron chi connectivity index (χ1n) is 9.73. The summed E-state index contributed by atoms with van der Waals surface area (Å²) in [6.07, 6.45) is -10.4. The number of hydrogen-bond acceptors (Lipinski definition) is 6. The Morgan fingerprint density at radius 3 is 2.38 bits per heavy atom. The van der Waals surface area contributed by atoms with E-state index in [0.717, 1.165) is 16.9 Å². The third kappa shape index (κ3) is 4.83. The van der Waals surface area contributed by atoms with E-state index in [1.54, 1.807) is 0 Å². The first kappa shape index (κ1) is 23.9. The molecule has 2 aliphatic heterocycles. The zero-order valence-electron chi connectivity index (χ0n) is 17.3. The van der Waals surface area contributed by atoms with Crippen molar-refractivity contribution in [2.45, 2.75) is 37.0 Å². The lowest BCUT2D eigenvalue weighted by Crippen LogP contribution is -2.49. The number of oxime groups is 1. The van der Waals surface area contributed by atoms with Crippen LogP contribution in [-0.2, 0) is 33.1 Å². The van der Waals surface area contributed by atoms with Gasteiger partial charge in [0.05, 0.1) is 24.7 Å². The molecule has 0 saturated heterocycles. The minimum Gasteiger partial charge on any atom is -0.467 e. The number of methoxy groups -OCH3 is 1. The molecule has 2 aromatic rings. The molecule has 13 heteroatoms. The predicted molar refractivity (Wildman–Crippen MR) is 108 cm³/mol. The minimum atomic E-state index is -5.06. The van der Waals surface area contributed by atoms with Gasteiger partial charge in [-0.3, -0.25) is 4.90 Å². The molecule has 4 rings (SSSR count). The Morgan fingerprint density at radius 1 is 1.15 bits per heavy atom. The van der Waals surface area contributed by atoms with Gasteiger partial charge in [0, 0.05) is 11.1 Å². The Morgan fingerprint density at radius 2 is 1.82 bits per heavy atom. The van der Waals surface area contributed by atoms with Gasteiger partial charge in [-0.25, -0.2) is 4.79 Å². The summed E-state index contributed by atoms with van der Waals surface area (Å²) in [5.74, 6) is 0.179. The van der Waals surface area contributed by atoms with Crippen molar-refractivity contribution in [3.63, 3.8) is 0 Å². The molecule has 0 saturated carbocycles. The van der Waals surface area contributed by atoms with Gasteiger partial charge in [0.25, 0.3) is 0 Å². The number of carbonyl (C=O) groups excluding carboxylic acids is 1. The van der Waals surface area contributed by atoms with Gasteiger partial charge in [-0.1, -0.05) is 11.2 Å². The van der Waals surface area contributed by atoms with Gasteiger partial charge in [0.2, 0.25) is 5.90 Å². The molecule has 34 heavy (non-hydrogen) atoms. The largest absolute Gasteiger partial charge is 0.467 e. The fourth-order valence-corrected chi connectivity index (χ4v) is 4.35. The van der Waals surface area contributed by atoms with E-state index in [-0.39, 0.29) is 18.4 Å². The molecule has 0 aliphatic carbocycles. The van der Waals surface area contributed by atoms with Gasteiger partial charge >= 0.3 is 18.4 Å². The highest BCUT2D eigenvalue weighted by Gasteiger charge is 2.46. The quantitative estimate of drug-likeness (QED) is 0.497. The van der Waals surface area contributed by atoms with Crippen molar-refractivity contribution in [3.05, 3.63) is 69.6 Å². The van der Waals surface area contributed by atoms with E-state index in [1.807, 2.05) is 17.5 Å². The van der Waals surface area contributed by atoms with Crippen LogP contribution < -0.4 is 0 Å². The number of ether oxygens (including phenoxy) is 2. The highest BCUT2D eigenvalue weighted by molar-refractivity contribution is 7.10. The Hall–Kier alpha value is -3.22. The maximum absolute atomic E-state index is 13.4. The number of alkyl halides is 6. The molecule has 0 unspecified atom stereocenters. The van der Waals surface area contributed by atoms with E-state index in [1.165, 1.54) is 23.6 Å². The van der Waals surface area contributed by atoms with Crippen molar-refractivity contribution in [2.75, 3.05) is 7.11 Å². The zero-order valence-corrected chi connectivity index (χ0v) is 18.1. The van der Waals surface area contributed by atoms with E-state index in [2.05, 4.69) is 9.89 Å². The van der Waals surface area contributed by atoms with Crippen molar-refractivity contribution in [1.82, 2.24) is 4.90 Å². The van der Waals surface area contributed by atoms with Crippen molar-refractivity contribution >= 4 is 23.3 Å². The van der Waals surface area contributed by atoms with Gasteiger partial charge in [0.15, 0.2) is 12.2 Å². The summed E-state index contributed by atoms with van der Waals surface area (Å²) in [6.45, 7) is 0. The molecule has 0 radical (unpaired) electrons. The molecule has 3 atom stereocenters. The van der Waals surface area contributed by atoms with Crippen LogP contribution in [0.15, 0.2) is 53.1 Å². The van der Waals surface area contributed by atoms with E-state index in [4.69, 9.17) is 9.57 Å². The number of nitrogens with zero attached hydrogens (tertiary/aromatic N) is 2. The third-order valence-corrected chi connectivity index (χ3v) is 6.04. The van der Waals surface area contributed by atoms with Crippen LogP contribution in [0.1, 0.15) is 27.6 Å². The topological polar surface area (TPSA) is 60.4 Å². The summed E-state index contributed by atoms with van der Waals surface area (Å²) in [7, 11) is 1.03. The van der Waals surface area contributed by atoms with E-state index in [0.29, 0.717) is 12.1 Å². The fraction of sp³-hybridized carbons (Fsp3) is 0.333. The SMILES string of the molecule is COC(=O)N1C=C[C@H]2OC(Cc3cccs3)=NO[C@H]2[C@@H]1c1cc(C(F)(F)F)cc(C(F)(F)F)c1. The lowest BCUT2D eigenvalue weighted by molar-refractivity contribution is -0.143. The van der Waals surface area contributed by atoms with Gasteiger partial charge in [-0.05, 0) is 41.3 Å². The number of thiophene rings is 1. The lowest BCUT2D eigenvalue weighted by atomic mass is 9.90. The predicted octanol–water partition coefficient (Wildman–Crippen LogP) is 5.76.